The first-order chi connectivity index (χ1) is 9.16. The van der Waals surface area contributed by atoms with Gasteiger partial charge in [0.2, 0.25) is 0 Å². The first-order valence-corrected chi connectivity index (χ1v) is 5.67. The molecular formula is C12H13F3N2O3. The highest BCUT2D eigenvalue weighted by Gasteiger charge is 2.32. The van der Waals surface area contributed by atoms with Gasteiger partial charge in [-0.25, -0.2) is 4.79 Å². The van der Waals surface area contributed by atoms with Crippen molar-refractivity contribution in [3.05, 3.63) is 29.3 Å². The van der Waals surface area contributed by atoms with E-state index in [1.807, 2.05) is 0 Å². The monoisotopic (exact) mass is 290 g/mol. The Bertz CT molecular complexity index is 529. The summed E-state index contributed by atoms with van der Waals surface area (Å²) < 4.78 is 37.7. The Morgan fingerprint density at radius 2 is 2.00 bits per heavy atom. The molecule has 1 rings (SSSR count). The van der Waals surface area contributed by atoms with Crippen LogP contribution in [0.5, 0.6) is 0 Å². The number of hydrogen-bond acceptors (Lipinski definition) is 3. The Morgan fingerprint density at radius 1 is 1.40 bits per heavy atom. The highest BCUT2D eigenvalue weighted by atomic mass is 19.4. The van der Waals surface area contributed by atoms with Crippen molar-refractivity contribution in [2.75, 3.05) is 5.32 Å². The van der Waals surface area contributed by atoms with Crippen molar-refractivity contribution in [1.82, 2.24) is 0 Å². The molecule has 110 valence electrons. The van der Waals surface area contributed by atoms with E-state index >= 15 is 0 Å². The van der Waals surface area contributed by atoms with Crippen LogP contribution in [0.25, 0.3) is 0 Å². The zero-order valence-corrected chi connectivity index (χ0v) is 10.5. The average Bonchev–Trinajstić information content (AvgIpc) is 2.34. The summed E-state index contributed by atoms with van der Waals surface area (Å²) in [6.07, 6.45) is -4.42. The molecule has 1 unspecified atom stereocenters. The Labute approximate surface area is 112 Å². The van der Waals surface area contributed by atoms with Gasteiger partial charge in [-0.1, -0.05) is 6.92 Å². The van der Waals surface area contributed by atoms with Crippen molar-refractivity contribution in [3.63, 3.8) is 0 Å². The summed E-state index contributed by atoms with van der Waals surface area (Å²) in [4.78, 5) is 22.1. The van der Waals surface area contributed by atoms with E-state index in [0.29, 0.717) is 6.07 Å². The van der Waals surface area contributed by atoms with Crippen molar-refractivity contribution in [3.8, 4) is 0 Å². The van der Waals surface area contributed by atoms with Crippen molar-refractivity contribution in [1.29, 1.82) is 0 Å². The fourth-order valence-electron chi connectivity index (χ4n) is 1.58. The Morgan fingerprint density at radius 3 is 2.40 bits per heavy atom. The Hall–Kier alpha value is -2.25. The number of hydrogen-bond donors (Lipinski definition) is 3. The molecule has 0 saturated carbocycles. The molecule has 0 radical (unpaired) electrons. The van der Waals surface area contributed by atoms with E-state index in [1.165, 1.54) is 0 Å². The first-order valence-electron chi connectivity index (χ1n) is 5.67. The van der Waals surface area contributed by atoms with Crippen LogP contribution >= 0.6 is 0 Å². The van der Waals surface area contributed by atoms with Crippen LogP contribution in [0.3, 0.4) is 0 Å². The van der Waals surface area contributed by atoms with Gasteiger partial charge < -0.3 is 16.2 Å². The van der Waals surface area contributed by atoms with Gasteiger partial charge in [-0.3, -0.25) is 4.79 Å². The van der Waals surface area contributed by atoms with Crippen LogP contribution in [-0.2, 0) is 11.0 Å². The summed E-state index contributed by atoms with van der Waals surface area (Å²) in [5.41, 5.74) is 3.55. The molecule has 1 atom stereocenters. The lowest BCUT2D eigenvalue weighted by molar-refractivity contribution is -0.138. The molecule has 0 spiro atoms. The zero-order chi connectivity index (χ0) is 15.5. The number of nitrogens with one attached hydrogen (secondary N) is 1. The third-order valence-corrected chi connectivity index (χ3v) is 2.65. The molecule has 1 aromatic carbocycles. The lowest BCUT2D eigenvalue weighted by Gasteiger charge is -2.17. The summed E-state index contributed by atoms with van der Waals surface area (Å²) in [5.74, 6) is -2.25. The molecule has 0 aromatic heterocycles. The van der Waals surface area contributed by atoms with E-state index in [1.54, 1.807) is 6.92 Å². The van der Waals surface area contributed by atoms with Gasteiger partial charge in [-0.2, -0.15) is 13.2 Å². The highest BCUT2D eigenvalue weighted by Crippen LogP contribution is 2.32. The van der Waals surface area contributed by atoms with E-state index in [0.717, 1.165) is 12.1 Å². The van der Waals surface area contributed by atoms with E-state index in [9.17, 15) is 22.8 Å². The molecule has 20 heavy (non-hydrogen) atoms. The Balaban J connectivity index is 3.21. The van der Waals surface area contributed by atoms with Crippen LogP contribution < -0.4 is 11.1 Å². The molecule has 0 saturated heterocycles. The van der Waals surface area contributed by atoms with Crippen molar-refractivity contribution >= 4 is 17.6 Å². The Kier molecular flexibility index (Phi) is 4.59. The summed E-state index contributed by atoms with van der Waals surface area (Å²) in [7, 11) is 0. The molecule has 4 N–H and O–H groups in total. The molecule has 0 aliphatic heterocycles. The number of carboxylic acid groups (broad SMARTS) is 1. The minimum atomic E-state index is -4.61. The lowest BCUT2D eigenvalue weighted by Crippen LogP contribution is -2.29. The fraction of sp³-hybridized carbons (Fsp3) is 0.333. The summed E-state index contributed by atoms with van der Waals surface area (Å²) in [6.45, 7) is 1.58. The van der Waals surface area contributed by atoms with Crippen molar-refractivity contribution < 1.29 is 27.9 Å². The average molecular weight is 290 g/mol. The standard InChI is InChI=1S/C12H13F3N2O3/c1-2-8(11(19)20)17-9-4-3-6(12(13,14)15)5-7(9)10(16)18/h3-5,8,17H,2H2,1H3,(H2,16,18)(H,19,20). The van der Waals surface area contributed by atoms with Crippen molar-refractivity contribution in [2.24, 2.45) is 5.73 Å². The van der Waals surface area contributed by atoms with Crippen LogP contribution in [0.2, 0.25) is 0 Å². The maximum absolute atomic E-state index is 12.6. The summed E-state index contributed by atoms with van der Waals surface area (Å²) in [6, 6.07) is 1.32. The number of carbonyl (C=O) groups excluding carboxylic acids is 1. The first kappa shape index (κ1) is 15.8. The fourth-order valence-corrected chi connectivity index (χ4v) is 1.58. The van der Waals surface area contributed by atoms with Gasteiger partial charge in [0.05, 0.1) is 11.1 Å². The minimum Gasteiger partial charge on any atom is -0.480 e. The van der Waals surface area contributed by atoms with Crippen LogP contribution in [-0.4, -0.2) is 23.0 Å². The highest BCUT2D eigenvalue weighted by molar-refractivity contribution is 5.99. The summed E-state index contributed by atoms with van der Waals surface area (Å²) in [5, 5.41) is 11.4. The molecule has 1 amide bonds. The van der Waals surface area contributed by atoms with Gasteiger partial charge in [-0.15, -0.1) is 0 Å². The normalized spacial score (nSPS) is 12.8. The molecule has 8 heteroatoms. The molecule has 0 bridgehead atoms. The number of carboxylic acids is 1. The number of aliphatic carboxylic acids is 1. The number of carbonyl (C=O) groups is 2. The predicted molar refractivity (Wildman–Crippen MR) is 65.3 cm³/mol. The maximum atomic E-state index is 12.6. The smallest absolute Gasteiger partial charge is 0.416 e. The van der Waals surface area contributed by atoms with Crippen LogP contribution in [0, 0.1) is 0 Å². The number of benzene rings is 1. The van der Waals surface area contributed by atoms with Gasteiger partial charge in [-0.05, 0) is 24.6 Å². The largest absolute Gasteiger partial charge is 0.480 e. The maximum Gasteiger partial charge on any atom is 0.416 e. The second kappa shape index (κ2) is 5.81. The van der Waals surface area contributed by atoms with Gasteiger partial charge in [0.25, 0.3) is 5.91 Å². The number of rotatable bonds is 5. The van der Waals surface area contributed by atoms with E-state index in [-0.39, 0.29) is 12.1 Å². The topological polar surface area (TPSA) is 92.4 Å². The number of alkyl halides is 3. The lowest BCUT2D eigenvalue weighted by atomic mass is 10.1. The van der Waals surface area contributed by atoms with Crippen LogP contribution in [0.15, 0.2) is 18.2 Å². The van der Waals surface area contributed by atoms with Gasteiger partial charge >= 0.3 is 12.1 Å². The molecule has 0 aliphatic rings. The SMILES string of the molecule is CCC(Nc1ccc(C(F)(F)F)cc1C(N)=O)C(=O)O. The van der Waals surface area contributed by atoms with Gasteiger partial charge in [0, 0.05) is 5.69 Å². The minimum absolute atomic E-state index is 0.0419. The van der Waals surface area contributed by atoms with E-state index in [4.69, 9.17) is 10.8 Å². The third kappa shape index (κ3) is 3.62. The number of amides is 1. The molecule has 5 nitrogen and oxygen atoms in total. The second-order valence-corrected chi connectivity index (χ2v) is 4.07. The predicted octanol–water partition coefficient (Wildman–Crippen LogP) is 2.08. The van der Waals surface area contributed by atoms with Crippen LogP contribution in [0.1, 0.15) is 29.3 Å². The number of anilines is 1. The number of nitrogens with two attached hydrogens (primary N) is 1. The second-order valence-electron chi connectivity index (χ2n) is 4.07. The molecular weight excluding hydrogens is 277 g/mol. The molecule has 0 aliphatic carbocycles. The third-order valence-electron chi connectivity index (χ3n) is 2.65. The van der Waals surface area contributed by atoms with Gasteiger partial charge in [0.15, 0.2) is 0 Å². The van der Waals surface area contributed by atoms with Gasteiger partial charge in [0.1, 0.15) is 6.04 Å². The molecule has 0 fully saturated rings. The number of halogens is 3. The van der Waals surface area contributed by atoms with Crippen LogP contribution in [0.4, 0.5) is 18.9 Å². The number of primary amides is 1. The zero-order valence-electron chi connectivity index (χ0n) is 10.5. The van der Waals surface area contributed by atoms with Crippen molar-refractivity contribution in [2.45, 2.75) is 25.6 Å². The summed E-state index contributed by atoms with van der Waals surface area (Å²) >= 11 is 0. The molecule has 0 heterocycles. The van der Waals surface area contributed by atoms with E-state index in [2.05, 4.69) is 5.32 Å². The molecule has 1 aromatic rings. The quantitative estimate of drug-likeness (QED) is 0.774. The van der Waals surface area contributed by atoms with E-state index < -0.39 is 35.2 Å².